The Labute approximate surface area is 136 Å². The molecule has 0 aliphatic carbocycles. The third-order valence-electron chi connectivity index (χ3n) is 3.55. The van der Waals surface area contributed by atoms with Gasteiger partial charge in [0.05, 0.1) is 13.2 Å². The van der Waals surface area contributed by atoms with E-state index in [-0.39, 0.29) is 12.6 Å². The maximum atomic E-state index is 11.9. The average Bonchev–Trinajstić information content (AvgIpc) is 2.59. The van der Waals surface area contributed by atoms with E-state index in [1.165, 1.54) is 0 Å². The Morgan fingerprint density at radius 2 is 2.00 bits per heavy atom. The zero-order valence-corrected chi connectivity index (χ0v) is 13.4. The van der Waals surface area contributed by atoms with Crippen molar-refractivity contribution in [3.63, 3.8) is 0 Å². The fourth-order valence-corrected chi connectivity index (χ4v) is 2.29. The molecular weight excluding hydrogens is 292 g/mol. The molecule has 0 bridgehead atoms. The van der Waals surface area contributed by atoms with Gasteiger partial charge >= 0.3 is 6.03 Å². The van der Waals surface area contributed by atoms with E-state index >= 15 is 0 Å². The van der Waals surface area contributed by atoms with Crippen molar-refractivity contribution in [2.24, 2.45) is 0 Å². The van der Waals surface area contributed by atoms with Crippen LogP contribution in [0, 0.1) is 0 Å². The molecule has 122 valence electrons. The minimum absolute atomic E-state index is 0.0969. The van der Waals surface area contributed by atoms with Crippen molar-refractivity contribution in [2.75, 3.05) is 19.0 Å². The van der Waals surface area contributed by atoms with Gasteiger partial charge in [-0.1, -0.05) is 37.3 Å². The fourth-order valence-electron chi connectivity index (χ4n) is 2.29. The van der Waals surface area contributed by atoms with Crippen LogP contribution in [-0.2, 0) is 6.42 Å². The first-order chi connectivity index (χ1) is 11.1. The number of anilines is 1. The summed E-state index contributed by atoms with van der Waals surface area (Å²) >= 11 is 0. The third-order valence-corrected chi connectivity index (χ3v) is 3.55. The Kier molecular flexibility index (Phi) is 6.00. The van der Waals surface area contributed by atoms with E-state index in [2.05, 4.69) is 17.6 Å². The number of benzene rings is 2. The molecule has 0 saturated carbocycles. The van der Waals surface area contributed by atoms with Crippen molar-refractivity contribution in [1.29, 1.82) is 0 Å². The number of hydrogen-bond acceptors (Lipinski definition) is 3. The summed E-state index contributed by atoms with van der Waals surface area (Å²) in [5.41, 5.74) is 2.52. The van der Waals surface area contributed by atoms with Gasteiger partial charge in [-0.05, 0) is 30.2 Å². The Morgan fingerprint density at radius 3 is 2.74 bits per heavy atom. The first-order valence-corrected chi connectivity index (χ1v) is 7.58. The van der Waals surface area contributed by atoms with Crippen LogP contribution >= 0.6 is 0 Å². The first kappa shape index (κ1) is 16.8. The summed E-state index contributed by atoms with van der Waals surface area (Å²) in [6.45, 7) is 2.16. The number of ether oxygens (including phenoxy) is 1. The van der Waals surface area contributed by atoms with E-state index in [0.29, 0.717) is 11.3 Å². The van der Waals surface area contributed by atoms with Crippen LogP contribution in [0.5, 0.6) is 5.75 Å². The molecule has 2 amide bonds. The lowest BCUT2D eigenvalue weighted by atomic mass is 10.1. The normalized spacial score (nSPS) is 11.6. The number of methoxy groups -OCH3 is 1. The van der Waals surface area contributed by atoms with E-state index in [1.54, 1.807) is 19.2 Å². The number of aryl methyl sites for hydroxylation is 1. The van der Waals surface area contributed by atoms with Crippen LogP contribution in [0.15, 0.2) is 48.5 Å². The molecule has 1 atom stereocenters. The van der Waals surface area contributed by atoms with Crippen LogP contribution in [0.2, 0.25) is 0 Å². The zero-order chi connectivity index (χ0) is 16.7. The molecule has 1 unspecified atom stereocenters. The predicted octanol–water partition coefficient (Wildman–Crippen LogP) is 3.11. The minimum Gasteiger partial charge on any atom is -0.496 e. The molecule has 23 heavy (non-hydrogen) atoms. The Morgan fingerprint density at radius 1 is 1.22 bits per heavy atom. The Balaban J connectivity index is 1.90. The van der Waals surface area contributed by atoms with Crippen molar-refractivity contribution < 1.29 is 14.6 Å². The Hall–Kier alpha value is -2.53. The highest BCUT2D eigenvalue weighted by Crippen LogP contribution is 2.24. The number of urea groups is 1. The number of para-hydroxylation sites is 1. The molecule has 0 aliphatic heterocycles. The van der Waals surface area contributed by atoms with E-state index in [1.807, 2.05) is 36.4 Å². The summed E-state index contributed by atoms with van der Waals surface area (Å²) in [7, 11) is 1.55. The highest BCUT2D eigenvalue weighted by Gasteiger charge is 2.13. The molecule has 0 aliphatic rings. The molecule has 0 spiro atoms. The summed E-state index contributed by atoms with van der Waals surface area (Å²) in [5.74, 6) is 0.595. The second-order valence-electron chi connectivity index (χ2n) is 5.15. The number of aliphatic hydroxyl groups excluding tert-OH is 1. The van der Waals surface area contributed by atoms with Gasteiger partial charge in [0.1, 0.15) is 5.75 Å². The van der Waals surface area contributed by atoms with Crippen molar-refractivity contribution in [2.45, 2.75) is 19.4 Å². The lowest BCUT2D eigenvalue weighted by Gasteiger charge is -2.15. The maximum absolute atomic E-state index is 11.9. The largest absolute Gasteiger partial charge is 0.496 e. The monoisotopic (exact) mass is 314 g/mol. The molecule has 0 fully saturated rings. The van der Waals surface area contributed by atoms with Gasteiger partial charge in [-0.15, -0.1) is 0 Å². The summed E-state index contributed by atoms with van der Waals surface area (Å²) in [6.07, 6.45) is 0.0720. The third kappa shape index (κ3) is 4.72. The van der Waals surface area contributed by atoms with Crippen molar-refractivity contribution in [3.8, 4) is 5.75 Å². The van der Waals surface area contributed by atoms with E-state index in [0.717, 1.165) is 17.7 Å². The van der Waals surface area contributed by atoms with Crippen LogP contribution in [0.1, 0.15) is 24.2 Å². The van der Waals surface area contributed by atoms with E-state index < -0.39 is 6.10 Å². The van der Waals surface area contributed by atoms with Gasteiger partial charge in [-0.3, -0.25) is 0 Å². The lowest BCUT2D eigenvalue weighted by molar-refractivity contribution is 0.171. The van der Waals surface area contributed by atoms with Gasteiger partial charge in [0.25, 0.3) is 0 Å². The van der Waals surface area contributed by atoms with Crippen LogP contribution < -0.4 is 15.4 Å². The van der Waals surface area contributed by atoms with E-state index in [4.69, 9.17) is 4.74 Å². The number of rotatable bonds is 6. The summed E-state index contributed by atoms with van der Waals surface area (Å²) in [5, 5.41) is 15.6. The number of amides is 2. The van der Waals surface area contributed by atoms with Crippen molar-refractivity contribution in [1.82, 2.24) is 5.32 Å². The number of aliphatic hydroxyl groups is 1. The quantitative estimate of drug-likeness (QED) is 0.767. The second kappa shape index (κ2) is 8.19. The summed E-state index contributed by atoms with van der Waals surface area (Å²) < 4.78 is 5.21. The topological polar surface area (TPSA) is 70.6 Å². The molecule has 0 saturated heterocycles. The average molecular weight is 314 g/mol. The van der Waals surface area contributed by atoms with Gasteiger partial charge in [0, 0.05) is 17.8 Å². The standard InChI is InChI=1S/C18H22N2O3/c1-3-13-7-6-8-14(11-13)20-18(22)19-12-16(21)15-9-4-5-10-17(15)23-2/h4-11,16,21H,3,12H2,1-2H3,(H2,19,20,22). The lowest BCUT2D eigenvalue weighted by Crippen LogP contribution is -2.32. The molecule has 5 heteroatoms. The first-order valence-electron chi connectivity index (χ1n) is 7.58. The van der Waals surface area contributed by atoms with Gasteiger partial charge < -0.3 is 20.5 Å². The molecule has 2 aromatic rings. The molecule has 2 aromatic carbocycles. The minimum atomic E-state index is -0.834. The van der Waals surface area contributed by atoms with Gasteiger partial charge in [0.15, 0.2) is 0 Å². The highest BCUT2D eigenvalue weighted by atomic mass is 16.5. The predicted molar refractivity (Wildman–Crippen MR) is 90.8 cm³/mol. The fraction of sp³-hybridized carbons (Fsp3) is 0.278. The Bertz CT molecular complexity index is 658. The molecule has 5 nitrogen and oxygen atoms in total. The molecular formula is C18H22N2O3. The van der Waals surface area contributed by atoms with Crippen molar-refractivity contribution >= 4 is 11.7 Å². The van der Waals surface area contributed by atoms with Crippen LogP contribution in [0.25, 0.3) is 0 Å². The number of carbonyl (C=O) groups is 1. The molecule has 0 radical (unpaired) electrons. The van der Waals surface area contributed by atoms with E-state index in [9.17, 15) is 9.90 Å². The number of nitrogens with one attached hydrogen (secondary N) is 2. The number of carbonyl (C=O) groups excluding carboxylic acids is 1. The molecule has 3 N–H and O–H groups in total. The number of hydrogen-bond donors (Lipinski definition) is 3. The van der Waals surface area contributed by atoms with Crippen LogP contribution in [0.4, 0.5) is 10.5 Å². The molecule has 0 aromatic heterocycles. The van der Waals surface area contributed by atoms with Gasteiger partial charge in [-0.2, -0.15) is 0 Å². The smallest absolute Gasteiger partial charge is 0.319 e. The van der Waals surface area contributed by atoms with Crippen molar-refractivity contribution in [3.05, 3.63) is 59.7 Å². The summed E-state index contributed by atoms with van der Waals surface area (Å²) in [6, 6.07) is 14.5. The maximum Gasteiger partial charge on any atom is 0.319 e. The van der Waals surface area contributed by atoms with Crippen LogP contribution in [-0.4, -0.2) is 24.8 Å². The SMILES string of the molecule is CCc1cccc(NC(=O)NCC(O)c2ccccc2OC)c1. The second-order valence-corrected chi connectivity index (χ2v) is 5.15. The molecule has 0 heterocycles. The zero-order valence-electron chi connectivity index (χ0n) is 13.4. The van der Waals surface area contributed by atoms with Gasteiger partial charge in [0.2, 0.25) is 0 Å². The van der Waals surface area contributed by atoms with Gasteiger partial charge in [-0.25, -0.2) is 4.79 Å². The highest BCUT2D eigenvalue weighted by molar-refractivity contribution is 5.89. The summed E-state index contributed by atoms with van der Waals surface area (Å²) in [4.78, 5) is 11.9. The molecule has 2 rings (SSSR count). The van der Waals surface area contributed by atoms with Crippen LogP contribution in [0.3, 0.4) is 0 Å².